The molecule has 1 aromatic rings. The number of anilines is 1. The second-order valence-corrected chi connectivity index (χ2v) is 5.48. The molecule has 1 aromatic carbocycles. The van der Waals surface area contributed by atoms with Crippen molar-refractivity contribution in [1.29, 1.82) is 0 Å². The van der Waals surface area contributed by atoms with Crippen LogP contribution in [0.15, 0.2) is 18.2 Å². The number of ether oxygens (including phenoxy) is 1. The maximum absolute atomic E-state index is 13.5. The van der Waals surface area contributed by atoms with Crippen LogP contribution in [0.1, 0.15) is 39.2 Å². The number of halogens is 1. The Hall–Kier alpha value is -1.09. The maximum atomic E-state index is 13.5. The molecular weight excluding hydrogens is 229 g/mol. The van der Waals surface area contributed by atoms with Gasteiger partial charge in [-0.1, -0.05) is 19.4 Å². The Balaban J connectivity index is 2.71. The summed E-state index contributed by atoms with van der Waals surface area (Å²) in [5.74, 6) is -0.198. The van der Waals surface area contributed by atoms with E-state index in [2.05, 4.69) is 20.8 Å². The Labute approximate surface area is 110 Å². The molecular formula is C15H24FNO. The number of hydrogen-bond acceptors (Lipinski definition) is 2. The summed E-state index contributed by atoms with van der Waals surface area (Å²) in [5.41, 5.74) is 1.48. The van der Waals surface area contributed by atoms with Gasteiger partial charge in [0.25, 0.3) is 0 Å². The lowest BCUT2D eigenvalue weighted by molar-refractivity contribution is -0.0353. The summed E-state index contributed by atoms with van der Waals surface area (Å²) in [6.45, 7) is 6.85. The van der Waals surface area contributed by atoms with E-state index in [0.29, 0.717) is 12.3 Å². The van der Waals surface area contributed by atoms with Gasteiger partial charge in [-0.15, -0.1) is 0 Å². The molecule has 102 valence electrons. The van der Waals surface area contributed by atoms with Crippen molar-refractivity contribution in [3.05, 3.63) is 29.6 Å². The quantitative estimate of drug-likeness (QED) is 0.760. The highest BCUT2D eigenvalue weighted by Gasteiger charge is 2.17. The second kappa shape index (κ2) is 6.19. The summed E-state index contributed by atoms with van der Waals surface area (Å²) in [4.78, 5) is 1.77. The van der Waals surface area contributed by atoms with Crippen LogP contribution < -0.4 is 4.90 Å². The van der Waals surface area contributed by atoms with Gasteiger partial charge in [-0.2, -0.15) is 0 Å². The standard InChI is InChI=1S/C15H24FNO/c1-6-9-15(2,3)18-11-12-7-8-13(16)14(10-12)17(4)5/h7-8,10H,6,9,11H2,1-5H3. The lowest BCUT2D eigenvalue weighted by Crippen LogP contribution is -2.23. The Bertz CT molecular complexity index is 388. The van der Waals surface area contributed by atoms with Gasteiger partial charge < -0.3 is 9.64 Å². The predicted molar refractivity (Wildman–Crippen MR) is 74.5 cm³/mol. The van der Waals surface area contributed by atoms with E-state index in [9.17, 15) is 4.39 Å². The van der Waals surface area contributed by atoms with Gasteiger partial charge in [0.2, 0.25) is 0 Å². The van der Waals surface area contributed by atoms with Crippen molar-refractivity contribution in [2.24, 2.45) is 0 Å². The van der Waals surface area contributed by atoms with Gasteiger partial charge in [-0.05, 0) is 38.0 Å². The Kier molecular flexibility index (Phi) is 5.15. The molecule has 1 rings (SSSR count). The van der Waals surface area contributed by atoms with Crippen molar-refractivity contribution in [2.45, 2.75) is 45.8 Å². The number of rotatable bonds is 6. The van der Waals surface area contributed by atoms with Crippen molar-refractivity contribution in [3.8, 4) is 0 Å². The molecule has 0 amide bonds. The van der Waals surface area contributed by atoms with Crippen LogP contribution in [0.3, 0.4) is 0 Å². The molecule has 0 aromatic heterocycles. The highest BCUT2D eigenvalue weighted by atomic mass is 19.1. The third-order valence-corrected chi connectivity index (χ3v) is 2.97. The largest absolute Gasteiger partial charge is 0.375 e. The SMILES string of the molecule is CCCC(C)(C)OCc1ccc(F)c(N(C)C)c1. The number of hydrogen-bond donors (Lipinski definition) is 0. The molecule has 0 atom stereocenters. The minimum Gasteiger partial charge on any atom is -0.375 e. The molecule has 0 N–H and O–H groups in total. The first-order chi connectivity index (χ1) is 8.35. The molecule has 0 aliphatic heterocycles. The molecule has 0 heterocycles. The molecule has 2 nitrogen and oxygen atoms in total. The third-order valence-electron chi connectivity index (χ3n) is 2.97. The Morgan fingerprint density at radius 2 is 1.94 bits per heavy atom. The topological polar surface area (TPSA) is 12.5 Å². The van der Waals surface area contributed by atoms with E-state index in [1.54, 1.807) is 11.0 Å². The van der Waals surface area contributed by atoms with Crippen LogP contribution in [0.2, 0.25) is 0 Å². The summed E-state index contributed by atoms with van der Waals surface area (Å²) in [7, 11) is 3.67. The van der Waals surface area contributed by atoms with Gasteiger partial charge in [0, 0.05) is 14.1 Å². The van der Waals surface area contributed by atoms with Crippen LogP contribution in [-0.4, -0.2) is 19.7 Å². The van der Waals surface area contributed by atoms with Crippen LogP contribution in [0.5, 0.6) is 0 Å². The fraction of sp³-hybridized carbons (Fsp3) is 0.600. The molecule has 0 radical (unpaired) electrons. The first kappa shape index (κ1) is 15.0. The lowest BCUT2D eigenvalue weighted by atomic mass is 10.0. The van der Waals surface area contributed by atoms with E-state index >= 15 is 0 Å². The Morgan fingerprint density at radius 3 is 2.50 bits per heavy atom. The highest BCUT2D eigenvalue weighted by Crippen LogP contribution is 2.22. The molecule has 0 saturated heterocycles. The van der Waals surface area contributed by atoms with Crippen LogP contribution in [0, 0.1) is 5.82 Å². The van der Waals surface area contributed by atoms with Crippen LogP contribution in [-0.2, 0) is 11.3 Å². The van der Waals surface area contributed by atoms with Gasteiger partial charge in [0.1, 0.15) is 5.82 Å². The summed E-state index contributed by atoms with van der Waals surface area (Å²) in [6.07, 6.45) is 2.12. The molecule has 3 heteroatoms. The highest BCUT2D eigenvalue weighted by molar-refractivity contribution is 5.48. The van der Waals surface area contributed by atoms with Crippen molar-refractivity contribution >= 4 is 5.69 Å². The van der Waals surface area contributed by atoms with Gasteiger partial charge in [0.15, 0.2) is 0 Å². The zero-order chi connectivity index (χ0) is 13.8. The molecule has 0 fully saturated rings. The average Bonchev–Trinajstić information content (AvgIpc) is 2.27. The van der Waals surface area contributed by atoms with Gasteiger partial charge in [-0.25, -0.2) is 4.39 Å². The number of nitrogens with zero attached hydrogens (tertiary/aromatic N) is 1. The van der Waals surface area contributed by atoms with E-state index in [1.165, 1.54) is 6.07 Å². The zero-order valence-corrected chi connectivity index (χ0v) is 12.1. The maximum Gasteiger partial charge on any atom is 0.146 e. The summed E-state index contributed by atoms with van der Waals surface area (Å²) in [6, 6.07) is 5.13. The summed E-state index contributed by atoms with van der Waals surface area (Å²) < 4.78 is 19.4. The van der Waals surface area contributed by atoms with Crippen LogP contribution in [0.25, 0.3) is 0 Å². The van der Waals surface area contributed by atoms with Crippen LogP contribution in [0.4, 0.5) is 10.1 Å². The third kappa shape index (κ3) is 4.30. The van der Waals surface area contributed by atoms with Gasteiger partial charge in [0.05, 0.1) is 17.9 Å². The predicted octanol–water partition coefficient (Wildman–Crippen LogP) is 3.99. The number of benzene rings is 1. The fourth-order valence-corrected chi connectivity index (χ4v) is 1.94. The molecule has 0 spiro atoms. The molecule has 0 aliphatic carbocycles. The minimum absolute atomic E-state index is 0.124. The van der Waals surface area contributed by atoms with E-state index in [-0.39, 0.29) is 11.4 Å². The first-order valence-corrected chi connectivity index (χ1v) is 6.45. The lowest BCUT2D eigenvalue weighted by Gasteiger charge is -2.25. The van der Waals surface area contributed by atoms with E-state index in [0.717, 1.165) is 18.4 Å². The smallest absolute Gasteiger partial charge is 0.146 e. The average molecular weight is 253 g/mol. The monoisotopic (exact) mass is 253 g/mol. The van der Waals surface area contributed by atoms with Crippen molar-refractivity contribution < 1.29 is 9.13 Å². The molecule has 0 unspecified atom stereocenters. The van der Waals surface area contributed by atoms with Crippen molar-refractivity contribution in [1.82, 2.24) is 0 Å². The molecule has 0 aliphatic rings. The van der Waals surface area contributed by atoms with E-state index in [1.807, 2.05) is 20.2 Å². The fourth-order valence-electron chi connectivity index (χ4n) is 1.94. The minimum atomic E-state index is -0.198. The second-order valence-electron chi connectivity index (χ2n) is 5.48. The van der Waals surface area contributed by atoms with Gasteiger partial charge in [-0.3, -0.25) is 0 Å². The zero-order valence-electron chi connectivity index (χ0n) is 12.1. The van der Waals surface area contributed by atoms with Crippen molar-refractivity contribution in [3.63, 3.8) is 0 Å². The van der Waals surface area contributed by atoms with E-state index in [4.69, 9.17) is 4.74 Å². The van der Waals surface area contributed by atoms with Gasteiger partial charge >= 0.3 is 0 Å². The first-order valence-electron chi connectivity index (χ1n) is 6.45. The normalized spacial score (nSPS) is 11.7. The molecule has 0 bridgehead atoms. The molecule has 0 saturated carbocycles. The molecule has 18 heavy (non-hydrogen) atoms. The van der Waals surface area contributed by atoms with Crippen molar-refractivity contribution in [2.75, 3.05) is 19.0 Å². The summed E-state index contributed by atoms with van der Waals surface area (Å²) in [5, 5.41) is 0. The summed E-state index contributed by atoms with van der Waals surface area (Å²) >= 11 is 0. The van der Waals surface area contributed by atoms with E-state index < -0.39 is 0 Å². The van der Waals surface area contributed by atoms with Crippen LogP contribution >= 0.6 is 0 Å². The Morgan fingerprint density at radius 1 is 1.28 bits per heavy atom.